The lowest BCUT2D eigenvalue weighted by Gasteiger charge is -2.00. The van der Waals surface area contributed by atoms with Crippen LogP contribution in [0.5, 0.6) is 0 Å². The minimum atomic E-state index is -0.123. The van der Waals surface area contributed by atoms with Crippen LogP contribution < -0.4 is 0 Å². The van der Waals surface area contributed by atoms with Crippen molar-refractivity contribution in [3.05, 3.63) is 124 Å². The van der Waals surface area contributed by atoms with Gasteiger partial charge in [-0.25, -0.2) is 15.0 Å². The van der Waals surface area contributed by atoms with Crippen LogP contribution in [0.3, 0.4) is 0 Å². The van der Waals surface area contributed by atoms with Crippen molar-refractivity contribution in [1.82, 2.24) is 74.4 Å². The molecule has 0 aliphatic heterocycles. The molecule has 0 atom stereocenters. The number of carbonyl (C=O) groups excluding carboxylic acids is 3. The smallest absolute Gasteiger partial charge is 0.272 e. The number of hydrogen-bond donors (Lipinski definition) is 0. The second-order valence-electron chi connectivity index (χ2n) is 14.9. The Hall–Kier alpha value is -7.93. The van der Waals surface area contributed by atoms with Crippen LogP contribution in [0, 0.1) is 0 Å². The lowest BCUT2D eigenvalue weighted by molar-refractivity contribution is 0.103. The summed E-state index contributed by atoms with van der Waals surface area (Å²) in [6, 6.07) is 22.2. The first-order valence-electron chi connectivity index (χ1n) is 19.3. The van der Waals surface area contributed by atoms with Crippen molar-refractivity contribution in [2.75, 3.05) is 7.11 Å². The van der Waals surface area contributed by atoms with Gasteiger partial charge in [-0.3, -0.25) is 14.4 Å². The molecule has 0 N–H and O–H groups in total. The lowest BCUT2D eigenvalue weighted by atomic mass is 10.1. The monoisotopic (exact) mass is 793 g/mol. The van der Waals surface area contributed by atoms with Crippen molar-refractivity contribution < 1.29 is 19.1 Å². The zero-order valence-electron chi connectivity index (χ0n) is 31.5. The van der Waals surface area contributed by atoms with E-state index in [-0.39, 0.29) is 24.0 Å². The van der Waals surface area contributed by atoms with Gasteiger partial charge in [-0.05, 0) is 25.7 Å². The Kier molecular flexibility index (Phi) is 7.28. The molecule has 290 valence electrons. The summed E-state index contributed by atoms with van der Waals surface area (Å²) in [5.74, 6) is 3.98. The van der Waals surface area contributed by atoms with Crippen molar-refractivity contribution in [2.24, 2.45) is 0 Å². The second kappa shape index (κ2) is 12.8. The average Bonchev–Trinajstić information content (AvgIpc) is 4.11. The van der Waals surface area contributed by atoms with Crippen LogP contribution >= 0.6 is 0 Å². The van der Waals surface area contributed by atoms with E-state index in [2.05, 4.69) is 60.8 Å². The van der Waals surface area contributed by atoms with E-state index >= 15 is 0 Å². The maximum atomic E-state index is 12.4. The number of rotatable bonds is 4. The van der Waals surface area contributed by atoms with E-state index < -0.39 is 0 Å². The zero-order valence-corrected chi connectivity index (χ0v) is 31.5. The van der Waals surface area contributed by atoms with Crippen molar-refractivity contribution in [3.8, 4) is 33.8 Å². The third kappa shape index (κ3) is 5.15. The molecule has 2 saturated carbocycles. The standard InChI is InChI=1S/2C14H9N5O.C13H9N5O2/c20-12-9-4-2-1-3-8(9)10-11(12)15-14-17-16-13(7-5-6-7)19(14)18-10;20-12-9-4-2-1-3-8(9)10-11(12)18-19-13(7-5-6-7)16-17-14(19)15-10;1-20-6-9-15-16-13-14-11-10(17-18(9)13)7-4-2-3-5-8(7)12(11)19/h2*1-4,7H,5-6H2;2-5H,6H2,1H3. The Bertz CT molecular complexity index is 3340. The maximum absolute atomic E-state index is 12.4. The topological polar surface area (TPSA) is 228 Å². The van der Waals surface area contributed by atoms with Gasteiger partial charge in [0.2, 0.25) is 17.3 Å². The number of aromatic nitrogens is 15. The van der Waals surface area contributed by atoms with E-state index in [9.17, 15) is 14.4 Å². The van der Waals surface area contributed by atoms with Gasteiger partial charge in [0.05, 0.1) is 0 Å². The van der Waals surface area contributed by atoms with Crippen LogP contribution in [0.25, 0.3) is 51.1 Å². The molecule has 9 aromatic rings. The molecule has 60 heavy (non-hydrogen) atoms. The summed E-state index contributed by atoms with van der Waals surface area (Å²) in [6.45, 7) is 0.282. The number of carbonyl (C=O) groups is 3. The lowest BCUT2D eigenvalue weighted by Crippen LogP contribution is -2.07. The predicted molar refractivity (Wildman–Crippen MR) is 207 cm³/mol. The molecule has 19 nitrogen and oxygen atoms in total. The maximum Gasteiger partial charge on any atom is 0.272 e. The fourth-order valence-electron chi connectivity index (χ4n) is 7.75. The molecule has 3 aromatic carbocycles. The predicted octanol–water partition coefficient (Wildman–Crippen LogP) is 4.09. The van der Waals surface area contributed by atoms with Gasteiger partial charge in [-0.2, -0.15) is 28.8 Å². The summed E-state index contributed by atoms with van der Waals surface area (Å²) < 4.78 is 9.87. The summed E-state index contributed by atoms with van der Waals surface area (Å²) in [7, 11) is 1.57. The third-order valence-corrected chi connectivity index (χ3v) is 11.0. The van der Waals surface area contributed by atoms with Crippen LogP contribution in [0.1, 0.15) is 103 Å². The zero-order chi connectivity index (χ0) is 40.2. The van der Waals surface area contributed by atoms with E-state index in [0.29, 0.717) is 85.8 Å². The van der Waals surface area contributed by atoms with Crippen LogP contribution in [-0.2, 0) is 11.3 Å². The molecule has 6 aromatic heterocycles. The van der Waals surface area contributed by atoms with E-state index in [1.807, 2.05) is 66.7 Å². The normalized spacial score (nSPS) is 15.2. The summed E-state index contributed by atoms with van der Waals surface area (Å²) in [6.07, 6.45) is 4.45. The Morgan fingerprint density at radius 3 is 1.33 bits per heavy atom. The molecular weight excluding hydrogens is 767 g/mol. The van der Waals surface area contributed by atoms with Gasteiger partial charge < -0.3 is 4.74 Å². The minimum Gasteiger partial charge on any atom is -0.377 e. The number of nitrogens with zero attached hydrogens (tertiary/aromatic N) is 15. The quantitative estimate of drug-likeness (QED) is 0.244. The summed E-state index contributed by atoms with van der Waals surface area (Å²) in [5, 5.41) is 37.8. The first kappa shape index (κ1) is 34.1. The van der Waals surface area contributed by atoms with Gasteiger partial charge in [-0.15, -0.1) is 30.6 Å². The number of ketones is 3. The van der Waals surface area contributed by atoms with Gasteiger partial charge in [0, 0.05) is 52.3 Å². The second-order valence-corrected chi connectivity index (χ2v) is 14.9. The number of fused-ring (bicyclic) bond motifs is 12. The largest absolute Gasteiger partial charge is 0.377 e. The number of ether oxygens (including phenoxy) is 1. The molecule has 0 radical (unpaired) electrons. The Labute approximate surface area is 336 Å². The molecule has 6 heterocycles. The van der Waals surface area contributed by atoms with E-state index in [0.717, 1.165) is 54.0 Å². The van der Waals surface area contributed by atoms with Gasteiger partial charge in [0.15, 0.2) is 23.2 Å². The van der Waals surface area contributed by atoms with Gasteiger partial charge in [0.25, 0.3) is 17.3 Å². The molecule has 2 fully saturated rings. The van der Waals surface area contributed by atoms with Crippen LogP contribution in [0.15, 0.2) is 72.8 Å². The van der Waals surface area contributed by atoms with Crippen LogP contribution in [-0.4, -0.2) is 98.8 Å². The molecule has 0 bridgehead atoms. The molecule has 14 rings (SSSR count). The van der Waals surface area contributed by atoms with Crippen molar-refractivity contribution in [2.45, 2.75) is 44.1 Å². The van der Waals surface area contributed by atoms with Crippen molar-refractivity contribution in [3.63, 3.8) is 0 Å². The minimum absolute atomic E-state index is 0.0690. The van der Waals surface area contributed by atoms with E-state index in [1.165, 1.54) is 4.52 Å². The first-order valence-corrected chi connectivity index (χ1v) is 19.3. The average molecular weight is 794 g/mol. The molecule has 0 saturated heterocycles. The van der Waals surface area contributed by atoms with Crippen LogP contribution in [0.4, 0.5) is 0 Å². The molecule has 0 spiro atoms. The third-order valence-electron chi connectivity index (χ3n) is 11.0. The number of methoxy groups -OCH3 is 1. The Morgan fingerprint density at radius 1 is 0.467 bits per heavy atom. The molecule has 0 amide bonds. The Morgan fingerprint density at radius 2 is 0.850 bits per heavy atom. The number of hydrogen-bond acceptors (Lipinski definition) is 16. The summed E-state index contributed by atoms with van der Waals surface area (Å²) in [4.78, 5) is 50.1. The van der Waals surface area contributed by atoms with Gasteiger partial charge in [0.1, 0.15) is 35.1 Å². The SMILES string of the molecule is COCc1nnc2nc3c(nn12)-c1ccccc1C3=O.O=C1c2ccccc2-c2nc3nnc(C4CC4)n3nc21.O=C1c2ccccc2-c2nn3c(C4CC4)nnc3nc21. The molecule has 19 heteroatoms. The van der Waals surface area contributed by atoms with E-state index in [4.69, 9.17) is 4.74 Å². The summed E-state index contributed by atoms with van der Waals surface area (Å²) >= 11 is 0. The van der Waals surface area contributed by atoms with Crippen molar-refractivity contribution in [1.29, 1.82) is 0 Å². The van der Waals surface area contributed by atoms with Crippen LogP contribution in [0.2, 0.25) is 0 Å². The first-order chi connectivity index (χ1) is 29.4. The highest BCUT2D eigenvalue weighted by atomic mass is 16.5. The molecule has 5 aliphatic carbocycles. The fourth-order valence-corrected chi connectivity index (χ4v) is 7.75. The molecule has 0 unspecified atom stereocenters. The number of benzene rings is 3. The fraction of sp³-hybridized carbons (Fsp3) is 0.195. The van der Waals surface area contributed by atoms with Crippen molar-refractivity contribution >= 4 is 34.7 Å². The highest BCUT2D eigenvalue weighted by Gasteiger charge is 2.36. The van der Waals surface area contributed by atoms with E-state index in [1.54, 1.807) is 22.2 Å². The highest BCUT2D eigenvalue weighted by Crippen LogP contribution is 2.41. The summed E-state index contributed by atoms with van der Waals surface area (Å²) in [5.41, 5.74) is 7.35. The molecular formula is C41H27N15O4. The highest BCUT2D eigenvalue weighted by molar-refractivity contribution is 6.21. The van der Waals surface area contributed by atoms with Gasteiger partial charge >= 0.3 is 0 Å². The van der Waals surface area contributed by atoms with Gasteiger partial charge in [-0.1, -0.05) is 72.8 Å². The Balaban J connectivity index is 0.0000000969. The molecule has 5 aliphatic rings.